The highest BCUT2D eigenvalue weighted by Gasteiger charge is 2.29. The van der Waals surface area contributed by atoms with Crippen LogP contribution in [0.15, 0.2) is 88.0 Å². The van der Waals surface area contributed by atoms with E-state index in [1.807, 2.05) is 6.92 Å². The van der Waals surface area contributed by atoms with Gasteiger partial charge in [-0.2, -0.15) is 0 Å². The molecule has 0 atom stereocenters. The minimum absolute atomic E-state index is 0.0103. The number of aromatic nitrogens is 2. The molecule has 5 nitrogen and oxygen atoms in total. The van der Waals surface area contributed by atoms with Gasteiger partial charge in [0.25, 0.3) is 0 Å². The molecule has 5 rings (SSSR count). The number of hydrogen-bond acceptors (Lipinski definition) is 4. The van der Waals surface area contributed by atoms with Gasteiger partial charge in [-0.25, -0.2) is 17.8 Å². The Balaban J connectivity index is 1.73. The molecule has 0 N–H and O–H groups in total. The fourth-order valence-corrected chi connectivity index (χ4v) is 5.34. The first-order chi connectivity index (χ1) is 15.4. The van der Waals surface area contributed by atoms with E-state index in [9.17, 15) is 12.8 Å². The minimum atomic E-state index is -3.87. The normalized spacial score (nSPS) is 13.2. The summed E-state index contributed by atoms with van der Waals surface area (Å²) in [6.45, 7) is 1.90. The number of benzene rings is 3. The number of sulfone groups is 1. The molecule has 1 aromatic heterocycles. The topological polar surface area (TPSA) is 64.3 Å². The van der Waals surface area contributed by atoms with E-state index in [1.54, 1.807) is 65.2 Å². The molecule has 0 spiro atoms. The lowest BCUT2D eigenvalue weighted by Gasteiger charge is -2.12. The maximum Gasteiger partial charge on any atom is 0.225 e. The molecule has 0 saturated heterocycles. The molecule has 0 radical (unpaired) electrons. The fourth-order valence-electron chi connectivity index (χ4n) is 3.79. The number of halogens is 2. The van der Waals surface area contributed by atoms with Crippen LogP contribution in [0.4, 0.5) is 4.39 Å². The highest BCUT2D eigenvalue weighted by atomic mass is 35.5. The smallest absolute Gasteiger partial charge is 0.225 e. The summed E-state index contributed by atoms with van der Waals surface area (Å²) in [5, 5.41) is 0.393. The lowest BCUT2D eigenvalue weighted by Crippen LogP contribution is -2.09. The molecule has 0 aliphatic carbocycles. The highest BCUT2D eigenvalue weighted by molar-refractivity contribution is 7.91. The van der Waals surface area contributed by atoms with Crippen molar-refractivity contribution < 1.29 is 12.8 Å². The Morgan fingerprint density at radius 1 is 1.00 bits per heavy atom. The van der Waals surface area contributed by atoms with Crippen molar-refractivity contribution in [1.29, 1.82) is 0 Å². The molecule has 0 bridgehead atoms. The van der Waals surface area contributed by atoms with Gasteiger partial charge in [-0.3, -0.25) is 9.56 Å². The largest absolute Gasteiger partial charge is 0.299 e. The molecule has 1 aliphatic rings. The molecular weight excluding hydrogens is 449 g/mol. The minimum Gasteiger partial charge on any atom is -0.299 e. The van der Waals surface area contributed by atoms with E-state index in [1.165, 1.54) is 12.4 Å². The van der Waals surface area contributed by atoms with Gasteiger partial charge in [0.15, 0.2) is 5.03 Å². The molecule has 160 valence electrons. The molecule has 2 heterocycles. The quantitative estimate of drug-likeness (QED) is 0.420. The highest BCUT2D eigenvalue weighted by Crippen LogP contribution is 2.32. The molecular formula is C24H17ClFN3O2S. The zero-order chi connectivity index (χ0) is 22.5. The van der Waals surface area contributed by atoms with Crippen LogP contribution in [0, 0.1) is 12.7 Å². The predicted molar refractivity (Wildman–Crippen MR) is 121 cm³/mol. The number of rotatable bonds is 3. The van der Waals surface area contributed by atoms with Gasteiger partial charge in [-0.1, -0.05) is 41.4 Å². The summed E-state index contributed by atoms with van der Waals surface area (Å²) >= 11 is 6.25. The van der Waals surface area contributed by atoms with Crippen molar-refractivity contribution in [2.24, 2.45) is 4.99 Å². The van der Waals surface area contributed by atoms with Crippen molar-refractivity contribution in [2.75, 3.05) is 0 Å². The summed E-state index contributed by atoms with van der Waals surface area (Å²) in [5.74, 6) is -0.422. The Kier molecular flexibility index (Phi) is 4.95. The van der Waals surface area contributed by atoms with E-state index >= 15 is 0 Å². The Labute approximate surface area is 189 Å². The van der Waals surface area contributed by atoms with Crippen LogP contribution in [0.25, 0.3) is 5.69 Å². The number of aliphatic imine (C=N–C) groups is 1. The Hall–Kier alpha value is -3.29. The molecule has 0 amide bonds. The third-order valence-corrected chi connectivity index (χ3v) is 7.38. The summed E-state index contributed by atoms with van der Waals surface area (Å²) in [4.78, 5) is 9.03. The molecule has 0 saturated carbocycles. The standard InChI is InChI=1S/C24H17ClFN3O2S/c1-15-6-9-17(10-7-15)32(30,31)24-22-13-27-23(18-4-2-3-5-20(18)26)19-12-16(25)8-11-21(19)29(22)14-28-24/h2-12,14H,13H2,1H3. The predicted octanol–water partition coefficient (Wildman–Crippen LogP) is 5.16. The third-order valence-electron chi connectivity index (χ3n) is 5.40. The van der Waals surface area contributed by atoms with Gasteiger partial charge >= 0.3 is 0 Å². The van der Waals surface area contributed by atoms with Gasteiger partial charge in [0, 0.05) is 16.1 Å². The number of hydrogen-bond donors (Lipinski definition) is 0. The van der Waals surface area contributed by atoms with Crippen LogP contribution in [-0.2, 0) is 16.4 Å². The van der Waals surface area contributed by atoms with Crippen LogP contribution in [-0.4, -0.2) is 23.7 Å². The van der Waals surface area contributed by atoms with E-state index in [2.05, 4.69) is 9.98 Å². The van der Waals surface area contributed by atoms with Crippen molar-refractivity contribution in [3.63, 3.8) is 0 Å². The number of aryl methyl sites for hydroxylation is 1. The summed E-state index contributed by atoms with van der Waals surface area (Å²) in [5.41, 5.74) is 3.30. The SMILES string of the molecule is Cc1ccc(S(=O)(=O)c2ncn3c2CN=C(c2ccccc2F)c2cc(Cl)ccc2-3)cc1. The van der Waals surface area contributed by atoms with Crippen LogP contribution in [0.2, 0.25) is 5.02 Å². The van der Waals surface area contributed by atoms with E-state index in [4.69, 9.17) is 11.6 Å². The molecule has 0 unspecified atom stereocenters. The van der Waals surface area contributed by atoms with Gasteiger partial charge in [0.05, 0.1) is 28.5 Å². The van der Waals surface area contributed by atoms with Crippen molar-refractivity contribution in [3.05, 3.63) is 106 Å². The van der Waals surface area contributed by atoms with Gasteiger partial charge in [-0.15, -0.1) is 0 Å². The van der Waals surface area contributed by atoms with Gasteiger partial charge < -0.3 is 0 Å². The molecule has 3 aromatic carbocycles. The van der Waals surface area contributed by atoms with Gasteiger partial charge in [-0.05, 0) is 49.4 Å². The molecule has 1 aliphatic heterocycles. The van der Waals surface area contributed by atoms with Crippen LogP contribution < -0.4 is 0 Å². The first-order valence-electron chi connectivity index (χ1n) is 9.84. The number of fused-ring (bicyclic) bond motifs is 3. The lowest BCUT2D eigenvalue weighted by molar-refractivity contribution is 0.591. The number of imidazole rings is 1. The van der Waals surface area contributed by atoms with Crippen molar-refractivity contribution in [1.82, 2.24) is 9.55 Å². The van der Waals surface area contributed by atoms with E-state index in [-0.39, 0.29) is 16.5 Å². The molecule has 0 fully saturated rings. The van der Waals surface area contributed by atoms with Crippen molar-refractivity contribution >= 4 is 27.1 Å². The van der Waals surface area contributed by atoms with E-state index < -0.39 is 15.7 Å². The second-order valence-electron chi connectivity index (χ2n) is 7.49. The molecule has 32 heavy (non-hydrogen) atoms. The third kappa shape index (κ3) is 3.34. The van der Waals surface area contributed by atoms with Crippen LogP contribution >= 0.6 is 11.6 Å². The lowest BCUT2D eigenvalue weighted by atomic mass is 10.00. The second-order valence-corrected chi connectivity index (χ2v) is 9.79. The van der Waals surface area contributed by atoms with E-state index in [0.717, 1.165) is 5.56 Å². The summed E-state index contributed by atoms with van der Waals surface area (Å²) in [6, 6.07) is 18.1. The Morgan fingerprint density at radius 2 is 1.75 bits per heavy atom. The molecule has 4 aromatic rings. The average molecular weight is 466 g/mol. The van der Waals surface area contributed by atoms with Crippen molar-refractivity contribution in [2.45, 2.75) is 23.4 Å². The summed E-state index contributed by atoms with van der Waals surface area (Å²) in [7, 11) is -3.87. The van der Waals surface area contributed by atoms with Crippen LogP contribution in [0.5, 0.6) is 0 Å². The molecule has 8 heteroatoms. The zero-order valence-corrected chi connectivity index (χ0v) is 18.5. The van der Waals surface area contributed by atoms with Gasteiger partial charge in [0.2, 0.25) is 9.84 Å². The monoisotopic (exact) mass is 465 g/mol. The van der Waals surface area contributed by atoms with Crippen molar-refractivity contribution in [3.8, 4) is 5.69 Å². The van der Waals surface area contributed by atoms with E-state index in [0.29, 0.717) is 33.2 Å². The summed E-state index contributed by atoms with van der Waals surface area (Å²) in [6.07, 6.45) is 1.46. The second kappa shape index (κ2) is 7.69. The Morgan fingerprint density at radius 3 is 2.50 bits per heavy atom. The maximum absolute atomic E-state index is 14.6. The fraction of sp³-hybridized carbons (Fsp3) is 0.0833. The maximum atomic E-state index is 14.6. The van der Waals surface area contributed by atoms with Crippen LogP contribution in [0.3, 0.4) is 0 Å². The number of nitrogens with zero attached hydrogens (tertiary/aromatic N) is 3. The summed E-state index contributed by atoms with van der Waals surface area (Å²) < 4.78 is 43.0. The first kappa shape index (κ1) is 20.6. The first-order valence-corrected chi connectivity index (χ1v) is 11.7. The van der Waals surface area contributed by atoms with Crippen LogP contribution in [0.1, 0.15) is 22.4 Å². The zero-order valence-electron chi connectivity index (χ0n) is 17.0. The van der Waals surface area contributed by atoms with Gasteiger partial charge in [0.1, 0.15) is 12.1 Å². The Bertz CT molecular complexity index is 1490. The average Bonchev–Trinajstić information content (AvgIpc) is 3.14.